The molecular formula is C25H38N2O4. The van der Waals surface area contributed by atoms with Gasteiger partial charge >= 0.3 is 5.97 Å². The summed E-state index contributed by atoms with van der Waals surface area (Å²) >= 11 is 0. The molecule has 0 unspecified atom stereocenters. The van der Waals surface area contributed by atoms with Crippen LogP contribution in [0.1, 0.15) is 84.0 Å². The zero-order valence-corrected chi connectivity index (χ0v) is 18.9. The number of esters is 1. The molecule has 2 amide bonds. The summed E-state index contributed by atoms with van der Waals surface area (Å²) in [6.07, 6.45) is 15.1. The molecule has 0 aliphatic heterocycles. The van der Waals surface area contributed by atoms with E-state index in [0.717, 1.165) is 37.0 Å². The molecule has 0 aromatic rings. The van der Waals surface area contributed by atoms with Gasteiger partial charge in [0.2, 0.25) is 5.91 Å². The Hall–Kier alpha value is -1.85. The van der Waals surface area contributed by atoms with Gasteiger partial charge in [-0.2, -0.15) is 0 Å². The lowest BCUT2D eigenvalue weighted by Gasteiger charge is -2.56. The number of carbonyl (C=O) groups excluding carboxylic acids is 3. The summed E-state index contributed by atoms with van der Waals surface area (Å²) in [7, 11) is 0. The Morgan fingerprint density at radius 2 is 1.74 bits per heavy atom. The van der Waals surface area contributed by atoms with Gasteiger partial charge < -0.3 is 15.4 Å². The molecule has 6 heteroatoms. The number of ether oxygens (including phenoxy) is 1. The molecule has 1 atom stereocenters. The van der Waals surface area contributed by atoms with E-state index in [0.29, 0.717) is 13.0 Å². The van der Waals surface area contributed by atoms with Gasteiger partial charge in [-0.3, -0.25) is 14.4 Å². The lowest BCUT2D eigenvalue weighted by molar-refractivity contribution is -0.154. The lowest BCUT2D eigenvalue weighted by Crippen LogP contribution is -2.48. The van der Waals surface area contributed by atoms with Gasteiger partial charge in [-0.05, 0) is 101 Å². The number of hydrogen-bond donors (Lipinski definition) is 2. The van der Waals surface area contributed by atoms with Gasteiger partial charge in [0.05, 0.1) is 0 Å². The van der Waals surface area contributed by atoms with Crippen LogP contribution in [0.4, 0.5) is 0 Å². The van der Waals surface area contributed by atoms with E-state index >= 15 is 0 Å². The summed E-state index contributed by atoms with van der Waals surface area (Å²) in [5, 5.41) is 5.58. The fraction of sp³-hybridized carbons (Fsp3) is 0.800. The van der Waals surface area contributed by atoms with Crippen LogP contribution in [0.2, 0.25) is 0 Å². The van der Waals surface area contributed by atoms with Crippen molar-refractivity contribution in [1.82, 2.24) is 10.6 Å². The smallest absolute Gasteiger partial charge is 0.326 e. The Balaban J connectivity index is 1.13. The van der Waals surface area contributed by atoms with Gasteiger partial charge in [0.1, 0.15) is 6.54 Å². The van der Waals surface area contributed by atoms with Crippen molar-refractivity contribution in [3.63, 3.8) is 0 Å². The largest absolute Gasteiger partial charge is 0.451 e. The van der Waals surface area contributed by atoms with Crippen LogP contribution in [-0.4, -0.2) is 37.0 Å². The van der Waals surface area contributed by atoms with E-state index in [-0.39, 0.29) is 23.8 Å². The van der Waals surface area contributed by atoms with E-state index in [4.69, 9.17) is 4.74 Å². The first-order chi connectivity index (χ1) is 14.9. The number of hydrogen-bond acceptors (Lipinski definition) is 4. The molecule has 0 aromatic carbocycles. The van der Waals surface area contributed by atoms with E-state index < -0.39 is 12.1 Å². The van der Waals surface area contributed by atoms with Crippen LogP contribution in [-0.2, 0) is 19.1 Å². The molecule has 0 spiro atoms. The summed E-state index contributed by atoms with van der Waals surface area (Å²) in [5.74, 6) is 1.51. The highest BCUT2D eigenvalue weighted by atomic mass is 16.5. The molecule has 4 saturated carbocycles. The fourth-order valence-corrected chi connectivity index (χ4v) is 6.99. The number of rotatable bonds is 9. The highest BCUT2D eigenvalue weighted by Gasteiger charge is 2.51. The van der Waals surface area contributed by atoms with Gasteiger partial charge in [-0.1, -0.05) is 11.6 Å². The Labute approximate surface area is 185 Å². The van der Waals surface area contributed by atoms with Gasteiger partial charge in [0.15, 0.2) is 6.10 Å². The first-order valence-corrected chi connectivity index (χ1v) is 12.3. The average molecular weight is 431 g/mol. The third-order valence-corrected chi connectivity index (χ3v) is 7.94. The standard InChI is InChI=1S/C25H38N2O4/c1-17(24(30)26-8-7-18-5-3-2-4-6-18)31-23(29)16-27-22(28)15-25-12-19-9-20(13-25)11-21(10-19)14-25/h5,17,19-21H,2-4,6-16H2,1H3,(H,26,30)(H,27,28)/t17-,19?,20?,21?,25?/m1/s1. The van der Waals surface area contributed by atoms with Gasteiger partial charge in [0, 0.05) is 13.0 Å². The lowest BCUT2D eigenvalue weighted by atomic mass is 9.49. The van der Waals surface area contributed by atoms with Crippen molar-refractivity contribution in [2.45, 2.75) is 90.1 Å². The Morgan fingerprint density at radius 1 is 1.06 bits per heavy atom. The van der Waals surface area contributed by atoms with Crippen molar-refractivity contribution in [3.8, 4) is 0 Å². The summed E-state index contributed by atoms with van der Waals surface area (Å²) in [6, 6.07) is 0. The van der Waals surface area contributed by atoms with E-state index in [1.54, 1.807) is 6.92 Å². The van der Waals surface area contributed by atoms with E-state index in [9.17, 15) is 14.4 Å². The molecule has 31 heavy (non-hydrogen) atoms. The van der Waals surface area contributed by atoms with Crippen LogP contribution in [0.5, 0.6) is 0 Å². The van der Waals surface area contributed by atoms with Gasteiger partial charge in [-0.15, -0.1) is 0 Å². The second-order valence-corrected chi connectivity index (χ2v) is 10.7. The molecule has 6 nitrogen and oxygen atoms in total. The Bertz CT molecular complexity index is 694. The van der Waals surface area contributed by atoms with E-state index in [1.807, 2.05) is 0 Å². The number of amides is 2. The molecule has 5 rings (SSSR count). The predicted molar refractivity (Wildman–Crippen MR) is 118 cm³/mol. The normalized spacial score (nSPS) is 32.2. The first-order valence-electron chi connectivity index (χ1n) is 12.3. The molecule has 172 valence electrons. The monoisotopic (exact) mass is 430 g/mol. The van der Waals surface area contributed by atoms with E-state index in [2.05, 4.69) is 16.7 Å². The minimum Gasteiger partial charge on any atom is -0.451 e. The maximum absolute atomic E-state index is 12.5. The van der Waals surface area contributed by atoms with Crippen LogP contribution in [0.25, 0.3) is 0 Å². The minimum atomic E-state index is -0.854. The predicted octanol–water partition coefficient (Wildman–Crippen LogP) is 3.65. The van der Waals surface area contributed by atoms with Crippen molar-refractivity contribution in [2.75, 3.05) is 13.1 Å². The second kappa shape index (κ2) is 9.74. The fourth-order valence-electron chi connectivity index (χ4n) is 6.99. The van der Waals surface area contributed by atoms with Crippen molar-refractivity contribution < 1.29 is 19.1 Å². The topological polar surface area (TPSA) is 84.5 Å². The number of carbonyl (C=O) groups is 3. The van der Waals surface area contributed by atoms with Crippen LogP contribution in [0.3, 0.4) is 0 Å². The van der Waals surface area contributed by atoms with Crippen LogP contribution < -0.4 is 10.6 Å². The first kappa shape index (κ1) is 22.3. The van der Waals surface area contributed by atoms with Crippen molar-refractivity contribution in [2.24, 2.45) is 23.2 Å². The third kappa shape index (κ3) is 5.89. The molecule has 4 bridgehead atoms. The Kier molecular flexibility index (Phi) is 7.02. The molecule has 2 N–H and O–H groups in total. The zero-order valence-electron chi connectivity index (χ0n) is 18.9. The summed E-state index contributed by atoms with van der Waals surface area (Å²) < 4.78 is 5.22. The molecule has 0 heterocycles. The van der Waals surface area contributed by atoms with Crippen molar-refractivity contribution >= 4 is 17.8 Å². The quantitative estimate of drug-likeness (QED) is 0.432. The van der Waals surface area contributed by atoms with Crippen molar-refractivity contribution in [3.05, 3.63) is 11.6 Å². The Morgan fingerprint density at radius 3 is 2.35 bits per heavy atom. The average Bonchev–Trinajstić information content (AvgIpc) is 2.71. The van der Waals surface area contributed by atoms with Crippen LogP contribution in [0, 0.1) is 23.2 Å². The molecule has 0 radical (unpaired) electrons. The zero-order chi connectivity index (χ0) is 21.8. The summed E-state index contributed by atoms with van der Waals surface area (Å²) in [6.45, 7) is 1.97. The van der Waals surface area contributed by atoms with Gasteiger partial charge in [0.25, 0.3) is 5.91 Å². The molecule has 5 aliphatic carbocycles. The number of allylic oxidation sites excluding steroid dienone is 1. The molecule has 4 fully saturated rings. The van der Waals surface area contributed by atoms with E-state index in [1.165, 1.54) is 56.9 Å². The molecule has 0 aromatic heterocycles. The third-order valence-electron chi connectivity index (χ3n) is 7.94. The van der Waals surface area contributed by atoms with Crippen LogP contribution >= 0.6 is 0 Å². The maximum Gasteiger partial charge on any atom is 0.326 e. The van der Waals surface area contributed by atoms with Gasteiger partial charge in [-0.25, -0.2) is 0 Å². The highest BCUT2D eigenvalue weighted by molar-refractivity contribution is 5.86. The van der Waals surface area contributed by atoms with Crippen molar-refractivity contribution in [1.29, 1.82) is 0 Å². The number of nitrogens with one attached hydrogen (secondary N) is 2. The van der Waals surface area contributed by atoms with Crippen LogP contribution in [0.15, 0.2) is 11.6 Å². The second-order valence-electron chi connectivity index (χ2n) is 10.7. The SMILES string of the molecule is C[C@@H](OC(=O)CNC(=O)CC12CC3CC(CC(C3)C1)C2)C(=O)NCCC1=CCCCC1. The summed E-state index contributed by atoms with van der Waals surface area (Å²) in [5.41, 5.74) is 1.56. The molecule has 5 aliphatic rings. The summed E-state index contributed by atoms with van der Waals surface area (Å²) in [4.78, 5) is 36.8. The molecule has 0 saturated heterocycles. The maximum atomic E-state index is 12.5. The minimum absolute atomic E-state index is 0.0586. The molecular weight excluding hydrogens is 392 g/mol. The highest BCUT2D eigenvalue weighted by Crippen LogP contribution is 2.61.